The van der Waals surface area contributed by atoms with Crippen LogP contribution in [-0.2, 0) is 16.0 Å². The van der Waals surface area contributed by atoms with Crippen molar-refractivity contribution in [1.29, 1.82) is 0 Å². The molecule has 1 aliphatic carbocycles. The number of benzene rings is 1. The van der Waals surface area contributed by atoms with Crippen LogP contribution in [0, 0.1) is 5.41 Å². The van der Waals surface area contributed by atoms with E-state index >= 15 is 0 Å². The smallest absolute Gasteiger partial charge is 0.317 e. The van der Waals surface area contributed by atoms with Gasteiger partial charge in [0.2, 0.25) is 0 Å². The maximum absolute atomic E-state index is 12.9. The van der Waals surface area contributed by atoms with Crippen LogP contribution < -0.4 is 5.73 Å². The Kier molecular flexibility index (Phi) is 7.47. The second kappa shape index (κ2) is 9.18. The molecule has 0 aromatic heterocycles. The molecule has 1 fully saturated rings. The minimum Gasteiger partial charge on any atom is -0.480 e. The van der Waals surface area contributed by atoms with Crippen LogP contribution in [-0.4, -0.2) is 52.3 Å². The van der Waals surface area contributed by atoms with Crippen molar-refractivity contribution >= 4 is 35.0 Å². The first-order valence-corrected chi connectivity index (χ1v) is 9.91. The van der Waals surface area contributed by atoms with Crippen molar-refractivity contribution in [2.45, 2.75) is 37.8 Å². The van der Waals surface area contributed by atoms with E-state index in [1.165, 1.54) is 0 Å². The number of Topliss-reactive ketones (excluding diaryl/α,β-unsaturated/α-hetero) is 1. The van der Waals surface area contributed by atoms with Gasteiger partial charge in [0, 0.05) is 31.3 Å². The van der Waals surface area contributed by atoms with E-state index in [9.17, 15) is 14.7 Å². The number of nitrogens with zero attached hydrogens (tertiary/aromatic N) is 1. The lowest BCUT2D eigenvalue weighted by Gasteiger charge is -2.47. The van der Waals surface area contributed by atoms with Gasteiger partial charge >= 0.3 is 5.97 Å². The fourth-order valence-corrected chi connectivity index (χ4v) is 4.16. The third-order valence-corrected chi connectivity index (χ3v) is 5.80. The zero-order chi connectivity index (χ0) is 19.2. The normalized spacial score (nSPS) is 26.0. The minimum atomic E-state index is -1.37. The van der Waals surface area contributed by atoms with Gasteiger partial charge < -0.3 is 10.8 Å². The topological polar surface area (TPSA) is 83.6 Å². The summed E-state index contributed by atoms with van der Waals surface area (Å²) in [5.74, 6) is -0.458. The molecule has 0 aliphatic heterocycles. The number of aliphatic carboxylic acids is 1. The number of carboxylic acid groups (broad SMARTS) is 1. The number of alkyl halides is 2. The van der Waals surface area contributed by atoms with Crippen molar-refractivity contribution in [1.82, 2.24) is 4.90 Å². The molecule has 0 heterocycles. The maximum Gasteiger partial charge on any atom is 0.317 e. The molecule has 1 aliphatic rings. The summed E-state index contributed by atoms with van der Waals surface area (Å²) >= 11 is 11.7. The number of nitrogens with two attached hydrogens (primary N) is 1. The largest absolute Gasteiger partial charge is 0.480 e. The van der Waals surface area contributed by atoms with Crippen molar-refractivity contribution < 1.29 is 14.7 Å². The number of halogens is 2. The van der Waals surface area contributed by atoms with Gasteiger partial charge in [-0.05, 0) is 31.2 Å². The highest BCUT2D eigenvalue weighted by molar-refractivity contribution is 6.18. The number of ketones is 1. The molecule has 0 atom stereocenters. The lowest BCUT2D eigenvalue weighted by atomic mass is 9.66. The van der Waals surface area contributed by atoms with E-state index in [0.29, 0.717) is 37.7 Å². The van der Waals surface area contributed by atoms with Crippen molar-refractivity contribution in [3.05, 3.63) is 35.9 Å². The van der Waals surface area contributed by atoms with Crippen molar-refractivity contribution in [3.63, 3.8) is 0 Å². The Morgan fingerprint density at radius 2 is 1.58 bits per heavy atom. The fourth-order valence-electron chi connectivity index (χ4n) is 3.75. The molecule has 0 saturated heterocycles. The van der Waals surface area contributed by atoms with Crippen LogP contribution >= 0.6 is 23.2 Å². The molecule has 7 heteroatoms. The predicted octanol–water partition coefficient (Wildman–Crippen LogP) is 2.88. The molecule has 2 rings (SSSR count). The van der Waals surface area contributed by atoms with Gasteiger partial charge in [0.1, 0.15) is 5.41 Å². The Hall–Kier alpha value is -1.14. The zero-order valence-electron chi connectivity index (χ0n) is 14.8. The highest BCUT2D eigenvalue weighted by Crippen LogP contribution is 2.43. The molecule has 0 bridgehead atoms. The van der Waals surface area contributed by atoms with E-state index in [1.807, 2.05) is 35.2 Å². The summed E-state index contributed by atoms with van der Waals surface area (Å²) in [6.45, 7) is 1.17. The lowest BCUT2D eigenvalue weighted by molar-refractivity contribution is -0.159. The summed E-state index contributed by atoms with van der Waals surface area (Å²) in [4.78, 5) is 26.9. The van der Waals surface area contributed by atoms with Crippen molar-refractivity contribution in [2.75, 3.05) is 24.8 Å². The summed E-state index contributed by atoms with van der Waals surface area (Å²) in [5, 5.41) is 9.84. The Balaban J connectivity index is 2.15. The Bertz CT molecular complexity index is 610. The molecule has 1 aromatic carbocycles. The van der Waals surface area contributed by atoms with E-state index in [0.717, 1.165) is 5.56 Å². The van der Waals surface area contributed by atoms with Crippen LogP contribution in [0.2, 0.25) is 0 Å². The second-order valence-electron chi connectivity index (χ2n) is 6.94. The first-order valence-electron chi connectivity index (χ1n) is 8.84. The molecule has 5 nitrogen and oxygen atoms in total. The summed E-state index contributed by atoms with van der Waals surface area (Å²) in [6, 6.07) is 9.24. The van der Waals surface area contributed by atoms with E-state index in [1.54, 1.807) is 0 Å². The highest BCUT2D eigenvalue weighted by Gasteiger charge is 2.51. The van der Waals surface area contributed by atoms with E-state index < -0.39 is 17.0 Å². The SMILES string of the molecule is NC1(N(CCCl)CCCl)CCC(C(=O)O)(C(=O)Cc2ccccc2)CC1. The van der Waals surface area contributed by atoms with Crippen LogP contribution in [0.15, 0.2) is 30.3 Å². The Labute approximate surface area is 164 Å². The number of hydrogen-bond acceptors (Lipinski definition) is 4. The summed E-state index contributed by atoms with van der Waals surface area (Å²) in [6.07, 6.45) is 1.43. The van der Waals surface area contributed by atoms with Gasteiger partial charge in [0.05, 0.1) is 5.66 Å². The molecule has 0 unspecified atom stereocenters. The van der Waals surface area contributed by atoms with E-state index in [2.05, 4.69) is 0 Å². The standard InChI is InChI=1S/C19H26Cl2N2O3/c20-10-12-23(13-11-21)19(22)8-6-18(7-9-19,17(25)26)16(24)14-15-4-2-1-3-5-15/h1-5H,6-14,22H2,(H,25,26). The average molecular weight is 401 g/mol. The Morgan fingerprint density at radius 1 is 1.04 bits per heavy atom. The van der Waals surface area contributed by atoms with Gasteiger partial charge in [-0.15, -0.1) is 23.2 Å². The molecule has 1 saturated carbocycles. The summed E-state index contributed by atoms with van der Waals surface area (Å²) < 4.78 is 0. The van der Waals surface area contributed by atoms with Gasteiger partial charge in [-0.1, -0.05) is 30.3 Å². The second-order valence-corrected chi connectivity index (χ2v) is 7.70. The maximum atomic E-state index is 12.9. The van der Waals surface area contributed by atoms with Crippen LogP contribution in [0.3, 0.4) is 0 Å². The molecule has 0 radical (unpaired) electrons. The van der Waals surface area contributed by atoms with Crippen LogP contribution in [0.4, 0.5) is 0 Å². The zero-order valence-corrected chi connectivity index (χ0v) is 16.3. The molecule has 1 aromatic rings. The fraction of sp³-hybridized carbons (Fsp3) is 0.579. The van der Waals surface area contributed by atoms with E-state index in [4.69, 9.17) is 28.9 Å². The lowest BCUT2D eigenvalue weighted by Crippen LogP contribution is -2.61. The average Bonchev–Trinajstić information content (AvgIpc) is 2.63. The van der Waals surface area contributed by atoms with Crippen LogP contribution in [0.25, 0.3) is 0 Å². The third kappa shape index (κ3) is 4.58. The minimum absolute atomic E-state index is 0.123. The number of carbonyl (C=O) groups is 2. The highest BCUT2D eigenvalue weighted by atomic mass is 35.5. The van der Waals surface area contributed by atoms with Gasteiger partial charge in [-0.25, -0.2) is 0 Å². The first kappa shape index (κ1) is 21.2. The van der Waals surface area contributed by atoms with Gasteiger partial charge in [0.15, 0.2) is 5.78 Å². The summed E-state index contributed by atoms with van der Waals surface area (Å²) in [7, 11) is 0. The molecule has 3 N–H and O–H groups in total. The molecule has 26 heavy (non-hydrogen) atoms. The Morgan fingerprint density at radius 3 is 2.04 bits per heavy atom. The van der Waals surface area contributed by atoms with Gasteiger partial charge in [-0.3, -0.25) is 14.5 Å². The number of hydrogen-bond donors (Lipinski definition) is 2. The van der Waals surface area contributed by atoms with Crippen molar-refractivity contribution in [2.24, 2.45) is 11.1 Å². The van der Waals surface area contributed by atoms with Crippen LogP contribution in [0.1, 0.15) is 31.2 Å². The number of carboxylic acids is 1. The predicted molar refractivity (Wildman–Crippen MR) is 104 cm³/mol. The molecule has 0 amide bonds. The number of rotatable bonds is 9. The number of carbonyl (C=O) groups excluding carboxylic acids is 1. The first-order chi connectivity index (χ1) is 12.4. The molecular weight excluding hydrogens is 375 g/mol. The molecular formula is C19H26Cl2N2O3. The third-order valence-electron chi connectivity index (χ3n) is 5.46. The monoisotopic (exact) mass is 400 g/mol. The van der Waals surface area contributed by atoms with Gasteiger partial charge in [-0.2, -0.15) is 0 Å². The quantitative estimate of drug-likeness (QED) is 0.378. The molecule has 0 spiro atoms. The van der Waals surface area contributed by atoms with Gasteiger partial charge in [0.25, 0.3) is 0 Å². The van der Waals surface area contributed by atoms with E-state index in [-0.39, 0.29) is 25.0 Å². The summed E-state index contributed by atoms with van der Waals surface area (Å²) in [5.41, 5.74) is 5.34. The van der Waals surface area contributed by atoms with Crippen molar-refractivity contribution in [3.8, 4) is 0 Å². The molecule has 144 valence electrons. The van der Waals surface area contributed by atoms with Crippen LogP contribution in [0.5, 0.6) is 0 Å².